The van der Waals surface area contributed by atoms with E-state index in [9.17, 15) is 13.2 Å². The third-order valence-corrected chi connectivity index (χ3v) is 3.16. The van der Waals surface area contributed by atoms with Crippen molar-refractivity contribution in [2.24, 2.45) is 0 Å². The Morgan fingerprint density at radius 1 is 1.27 bits per heavy atom. The van der Waals surface area contributed by atoms with Crippen LogP contribution in [0.25, 0.3) is 0 Å². The van der Waals surface area contributed by atoms with Gasteiger partial charge in [0.15, 0.2) is 0 Å². The lowest BCUT2D eigenvalue weighted by Gasteiger charge is -2.15. The highest BCUT2D eigenvalue weighted by Crippen LogP contribution is 1.97. The molecule has 0 unspecified atom stereocenters. The van der Waals surface area contributed by atoms with Crippen molar-refractivity contribution in [3.8, 4) is 0 Å². The molecule has 0 N–H and O–H groups in total. The molecule has 0 aromatic heterocycles. The molecule has 0 fully saturated rings. The van der Waals surface area contributed by atoms with Crippen LogP contribution in [-0.2, 0) is 14.6 Å². The monoisotopic (exact) mass is 235 g/mol. The number of ketones is 1. The van der Waals surface area contributed by atoms with Crippen LogP contribution in [-0.4, -0.2) is 51.2 Å². The number of Topliss-reactive ketones (excluding diaryl/α,β-unsaturated/α-hetero) is 1. The van der Waals surface area contributed by atoms with Gasteiger partial charge in [-0.3, -0.25) is 4.79 Å². The van der Waals surface area contributed by atoms with Gasteiger partial charge in [0.2, 0.25) is 0 Å². The number of nitrogens with zero attached hydrogens (tertiary/aromatic N) is 1. The van der Waals surface area contributed by atoms with E-state index in [0.29, 0.717) is 19.4 Å². The summed E-state index contributed by atoms with van der Waals surface area (Å²) >= 11 is 0. The number of rotatable bonds is 8. The number of carbonyl (C=O) groups excluding carboxylic acids is 1. The predicted molar refractivity (Wildman–Crippen MR) is 61.7 cm³/mol. The van der Waals surface area contributed by atoms with E-state index in [1.807, 2.05) is 18.9 Å². The highest BCUT2D eigenvalue weighted by molar-refractivity contribution is 7.90. The van der Waals surface area contributed by atoms with Gasteiger partial charge in [-0.25, -0.2) is 8.42 Å². The van der Waals surface area contributed by atoms with Gasteiger partial charge in [-0.1, -0.05) is 6.92 Å². The van der Waals surface area contributed by atoms with Crippen molar-refractivity contribution in [2.45, 2.75) is 26.2 Å². The van der Waals surface area contributed by atoms with Crippen molar-refractivity contribution in [3.63, 3.8) is 0 Å². The molecule has 0 spiro atoms. The molecule has 90 valence electrons. The number of hydrogen-bond acceptors (Lipinski definition) is 4. The van der Waals surface area contributed by atoms with Gasteiger partial charge in [0.05, 0.1) is 5.75 Å². The van der Waals surface area contributed by atoms with Crippen LogP contribution in [0.3, 0.4) is 0 Å². The second kappa shape index (κ2) is 6.95. The van der Waals surface area contributed by atoms with E-state index in [-0.39, 0.29) is 11.5 Å². The van der Waals surface area contributed by atoms with Crippen LogP contribution >= 0.6 is 0 Å². The van der Waals surface area contributed by atoms with Gasteiger partial charge in [0, 0.05) is 25.6 Å². The summed E-state index contributed by atoms with van der Waals surface area (Å²) < 4.78 is 21.8. The lowest BCUT2D eigenvalue weighted by Crippen LogP contribution is -2.26. The highest BCUT2D eigenvalue weighted by Gasteiger charge is 2.06. The van der Waals surface area contributed by atoms with Gasteiger partial charge in [-0.05, 0) is 20.0 Å². The minimum atomic E-state index is -2.87. The van der Waals surface area contributed by atoms with Crippen molar-refractivity contribution in [3.05, 3.63) is 0 Å². The normalized spacial score (nSPS) is 12.0. The third kappa shape index (κ3) is 9.87. The smallest absolute Gasteiger partial charge is 0.148 e. The fourth-order valence-electron chi connectivity index (χ4n) is 1.16. The quantitative estimate of drug-likeness (QED) is 0.622. The molecule has 4 nitrogen and oxygen atoms in total. The zero-order valence-electron chi connectivity index (χ0n) is 9.82. The molecule has 15 heavy (non-hydrogen) atoms. The van der Waals surface area contributed by atoms with Crippen LogP contribution in [0.5, 0.6) is 0 Å². The average molecular weight is 235 g/mol. The maximum absolute atomic E-state index is 11.0. The first kappa shape index (κ1) is 14.6. The fourth-order valence-corrected chi connectivity index (χ4v) is 1.80. The van der Waals surface area contributed by atoms with Gasteiger partial charge < -0.3 is 4.90 Å². The first-order valence-electron chi connectivity index (χ1n) is 5.23. The van der Waals surface area contributed by atoms with Crippen LogP contribution in [0.15, 0.2) is 0 Å². The van der Waals surface area contributed by atoms with Crippen LogP contribution < -0.4 is 0 Å². The second-order valence-corrected chi connectivity index (χ2v) is 6.19. The second-order valence-electron chi connectivity index (χ2n) is 3.93. The topological polar surface area (TPSA) is 54.5 Å². The van der Waals surface area contributed by atoms with Crippen LogP contribution in [0.1, 0.15) is 26.2 Å². The van der Waals surface area contributed by atoms with Crippen molar-refractivity contribution in [1.29, 1.82) is 0 Å². The Morgan fingerprint density at radius 2 is 1.87 bits per heavy atom. The SMILES string of the molecule is CCC(=O)CCCN(C)CCS(C)(=O)=O. The molecule has 0 amide bonds. The lowest BCUT2D eigenvalue weighted by molar-refractivity contribution is -0.118. The summed E-state index contributed by atoms with van der Waals surface area (Å²) in [5.74, 6) is 0.456. The number of hydrogen-bond donors (Lipinski definition) is 0. The van der Waals surface area contributed by atoms with E-state index >= 15 is 0 Å². The Bertz CT molecular complexity index is 285. The van der Waals surface area contributed by atoms with Crippen molar-refractivity contribution in [2.75, 3.05) is 32.1 Å². The fraction of sp³-hybridized carbons (Fsp3) is 0.900. The highest BCUT2D eigenvalue weighted by atomic mass is 32.2. The third-order valence-electron chi connectivity index (χ3n) is 2.23. The first-order valence-corrected chi connectivity index (χ1v) is 7.29. The van der Waals surface area contributed by atoms with E-state index in [1.165, 1.54) is 6.26 Å². The molecule has 0 aliphatic rings. The Balaban J connectivity index is 3.58. The molecule has 0 atom stereocenters. The minimum absolute atomic E-state index is 0.186. The average Bonchev–Trinajstić information content (AvgIpc) is 2.13. The summed E-state index contributed by atoms with van der Waals surface area (Å²) in [6.45, 7) is 3.18. The summed E-state index contributed by atoms with van der Waals surface area (Å²) in [4.78, 5) is 12.9. The van der Waals surface area contributed by atoms with E-state index in [4.69, 9.17) is 0 Å². The molecule has 0 aromatic carbocycles. The van der Waals surface area contributed by atoms with Gasteiger partial charge in [0.1, 0.15) is 15.6 Å². The molecular formula is C10H21NO3S. The van der Waals surface area contributed by atoms with Crippen LogP contribution in [0.4, 0.5) is 0 Å². The van der Waals surface area contributed by atoms with Crippen molar-refractivity contribution >= 4 is 15.6 Å². The van der Waals surface area contributed by atoms with Crippen LogP contribution in [0, 0.1) is 0 Å². The Hall–Kier alpha value is -0.420. The minimum Gasteiger partial charge on any atom is -0.305 e. The van der Waals surface area contributed by atoms with Gasteiger partial charge >= 0.3 is 0 Å². The van der Waals surface area contributed by atoms with Crippen molar-refractivity contribution in [1.82, 2.24) is 4.90 Å². The van der Waals surface area contributed by atoms with E-state index in [1.54, 1.807) is 0 Å². The lowest BCUT2D eigenvalue weighted by atomic mass is 10.2. The first-order chi connectivity index (χ1) is 6.85. The molecule has 0 aliphatic heterocycles. The zero-order chi connectivity index (χ0) is 11.9. The number of carbonyl (C=O) groups is 1. The summed E-state index contributed by atoms with van der Waals surface area (Å²) in [7, 11) is -0.997. The Kier molecular flexibility index (Phi) is 6.76. The largest absolute Gasteiger partial charge is 0.305 e. The molecule has 0 saturated heterocycles. The standard InChI is InChI=1S/C10H21NO3S/c1-4-10(12)6-5-7-11(2)8-9-15(3,13)14/h4-9H2,1-3H3. The summed E-state index contributed by atoms with van der Waals surface area (Å²) in [5.41, 5.74) is 0. The van der Waals surface area contributed by atoms with E-state index < -0.39 is 9.84 Å². The Labute approximate surface area is 92.6 Å². The zero-order valence-corrected chi connectivity index (χ0v) is 10.6. The van der Waals surface area contributed by atoms with E-state index in [0.717, 1.165) is 13.0 Å². The van der Waals surface area contributed by atoms with Crippen LogP contribution in [0.2, 0.25) is 0 Å². The summed E-state index contributed by atoms with van der Waals surface area (Å²) in [5, 5.41) is 0. The molecule has 0 radical (unpaired) electrons. The van der Waals surface area contributed by atoms with Crippen molar-refractivity contribution < 1.29 is 13.2 Å². The Morgan fingerprint density at radius 3 is 2.33 bits per heavy atom. The molecule has 0 saturated carbocycles. The molecule has 0 bridgehead atoms. The molecule has 0 aromatic rings. The van der Waals surface area contributed by atoms with Gasteiger partial charge in [0.25, 0.3) is 0 Å². The molecule has 0 rings (SSSR count). The molecular weight excluding hydrogens is 214 g/mol. The summed E-state index contributed by atoms with van der Waals surface area (Å²) in [6, 6.07) is 0. The predicted octanol–water partition coefficient (Wildman–Crippen LogP) is 0.722. The maximum atomic E-state index is 11.0. The molecule has 5 heteroatoms. The van der Waals surface area contributed by atoms with Gasteiger partial charge in [-0.2, -0.15) is 0 Å². The molecule has 0 aliphatic carbocycles. The molecule has 0 heterocycles. The number of sulfone groups is 1. The van der Waals surface area contributed by atoms with Gasteiger partial charge in [-0.15, -0.1) is 0 Å². The van der Waals surface area contributed by atoms with E-state index in [2.05, 4.69) is 0 Å². The summed E-state index contributed by atoms with van der Waals surface area (Å²) in [6.07, 6.45) is 3.24. The maximum Gasteiger partial charge on any atom is 0.148 e.